The van der Waals surface area contributed by atoms with Crippen molar-refractivity contribution in [2.45, 2.75) is 96.3 Å². The number of rotatable bonds is 9. The first-order valence-electron chi connectivity index (χ1n) is 10.2. The Morgan fingerprint density at radius 1 is 0.444 bits per heavy atom. The second-order valence-electron chi connectivity index (χ2n) is 11.6. The lowest BCUT2D eigenvalue weighted by Gasteiger charge is -2.24. The van der Waals surface area contributed by atoms with Crippen molar-refractivity contribution in [1.29, 1.82) is 0 Å². The van der Waals surface area contributed by atoms with Crippen LogP contribution >= 0.6 is 34.8 Å². The highest BCUT2D eigenvalue weighted by atomic mass is 35.5. The van der Waals surface area contributed by atoms with E-state index in [1.807, 2.05) is 0 Å². The summed E-state index contributed by atoms with van der Waals surface area (Å²) in [7, 11) is -3.50. The minimum absolute atomic E-state index is 0.846. The Morgan fingerprint density at radius 3 is 0.778 bits per heavy atom. The van der Waals surface area contributed by atoms with E-state index in [-0.39, 0.29) is 0 Å². The first-order valence-corrected chi connectivity index (χ1v) is 22.4. The van der Waals surface area contributed by atoms with Crippen LogP contribution in [0, 0.1) is 0 Å². The van der Waals surface area contributed by atoms with Gasteiger partial charge in [-0.05, 0) is 36.0 Å². The van der Waals surface area contributed by atoms with Gasteiger partial charge in [-0.3, -0.25) is 0 Å². The van der Waals surface area contributed by atoms with Crippen molar-refractivity contribution in [3.05, 3.63) is 31.8 Å². The maximum absolute atomic E-state index is 6.91. The molecule has 0 unspecified atom stereocenters. The van der Waals surface area contributed by atoms with Crippen LogP contribution in [-0.2, 0) is 19.3 Å². The van der Waals surface area contributed by atoms with E-state index < -0.39 is 24.2 Å². The van der Waals surface area contributed by atoms with Gasteiger partial charge in [0, 0.05) is 39.3 Å². The number of halogens is 3. The molecule has 0 aliphatic carbocycles. The summed E-state index contributed by atoms with van der Waals surface area (Å²) < 4.78 is 0. The highest BCUT2D eigenvalue weighted by molar-refractivity contribution is 6.76. The molecule has 6 heteroatoms. The number of benzene rings is 1. The van der Waals surface area contributed by atoms with Gasteiger partial charge in [-0.25, -0.2) is 0 Å². The molecule has 0 amide bonds. The summed E-state index contributed by atoms with van der Waals surface area (Å²) >= 11 is 20.7. The van der Waals surface area contributed by atoms with E-state index in [9.17, 15) is 0 Å². The second-order valence-corrected chi connectivity index (χ2v) is 29.6. The Bertz CT molecular complexity index is 539. The summed E-state index contributed by atoms with van der Waals surface area (Å²) in [4.78, 5) is 0. The van der Waals surface area contributed by atoms with E-state index in [0.717, 1.165) is 51.0 Å². The molecule has 0 spiro atoms. The van der Waals surface area contributed by atoms with Crippen LogP contribution in [0.25, 0.3) is 0 Å². The molecular weight excluding hydrogens is 443 g/mol. The van der Waals surface area contributed by atoms with E-state index in [0.29, 0.717) is 0 Å². The number of hydrogen-bond donors (Lipinski definition) is 0. The van der Waals surface area contributed by atoms with Gasteiger partial charge in [0.25, 0.3) is 0 Å². The van der Waals surface area contributed by atoms with Crippen molar-refractivity contribution in [1.82, 2.24) is 0 Å². The fourth-order valence-corrected chi connectivity index (χ4v) is 7.27. The Kier molecular flexibility index (Phi) is 9.26. The first-order chi connectivity index (χ1) is 12.0. The predicted molar refractivity (Wildman–Crippen MR) is 137 cm³/mol. The minimum atomic E-state index is -1.17. The first kappa shape index (κ1) is 25.8. The molecule has 0 nitrogen and oxygen atoms in total. The Hall–Kier alpha value is 0.741. The van der Waals surface area contributed by atoms with Gasteiger partial charge in [-0.15, -0.1) is 0 Å². The van der Waals surface area contributed by atoms with E-state index in [2.05, 4.69) is 58.9 Å². The summed E-state index contributed by atoms with van der Waals surface area (Å²) in [5, 5.41) is 2.54. The number of hydrogen-bond acceptors (Lipinski definition) is 0. The molecule has 0 fully saturated rings. The van der Waals surface area contributed by atoms with Gasteiger partial charge in [0.1, 0.15) is 0 Å². The second kappa shape index (κ2) is 9.70. The van der Waals surface area contributed by atoms with Gasteiger partial charge < -0.3 is 0 Å². The van der Waals surface area contributed by atoms with Crippen molar-refractivity contribution < 1.29 is 0 Å². The fraction of sp³-hybridized carbons (Fsp3) is 0.714. The third-order valence-electron chi connectivity index (χ3n) is 4.96. The quantitative estimate of drug-likeness (QED) is 0.308. The summed E-state index contributed by atoms with van der Waals surface area (Å²) in [6.07, 6.45) is 2.93. The van der Waals surface area contributed by atoms with E-state index in [4.69, 9.17) is 34.8 Å². The molecule has 0 saturated carbocycles. The van der Waals surface area contributed by atoms with Crippen molar-refractivity contribution in [2.24, 2.45) is 0 Å². The highest BCUT2D eigenvalue weighted by Gasteiger charge is 2.25. The van der Waals surface area contributed by atoms with Crippen LogP contribution in [0.15, 0.2) is 0 Å². The van der Waals surface area contributed by atoms with Crippen molar-refractivity contribution in [3.63, 3.8) is 0 Å². The van der Waals surface area contributed by atoms with Gasteiger partial charge in [0.05, 0.1) is 0 Å². The molecule has 27 heavy (non-hydrogen) atoms. The largest absolute Gasteiger partial charge is 0.0836 e. The molecule has 0 heterocycles. The standard InChI is InChI=1S/C21H39Cl3Si3/c1-25(2,3)13-10-16-19(22)17(11-14-26(4,5)6)21(24)18(20(16)23)12-15-27(7,8)9/h10-15H2,1-9H3. The summed E-state index contributed by atoms with van der Waals surface area (Å²) in [5.41, 5.74) is 3.46. The van der Waals surface area contributed by atoms with Crippen LogP contribution in [0.2, 0.25) is 92.1 Å². The molecule has 0 bridgehead atoms. The van der Waals surface area contributed by atoms with E-state index in [1.165, 1.54) is 18.1 Å². The predicted octanol–water partition coefficient (Wildman–Crippen LogP) is 9.29. The minimum Gasteiger partial charge on any atom is -0.0836 e. The molecule has 1 aromatic rings. The van der Waals surface area contributed by atoms with Crippen molar-refractivity contribution >= 4 is 59.0 Å². The maximum Gasteiger partial charge on any atom is 0.0499 e. The van der Waals surface area contributed by atoms with Gasteiger partial charge in [-0.2, -0.15) is 0 Å². The Labute approximate surface area is 186 Å². The zero-order chi connectivity index (χ0) is 21.2. The summed E-state index contributed by atoms with van der Waals surface area (Å²) in [6, 6.07) is 3.61. The zero-order valence-electron chi connectivity index (χ0n) is 18.9. The Balaban J connectivity index is 3.38. The van der Waals surface area contributed by atoms with Crippen LogP contribution in [0.4, 0.5) is 0 Å². The van der Waals surface area contributed by atoms with E-state index in [1.54, 1.807) is 0 Å². The SMILES string of the molecule is C[Si](C)(C)CCc1c(Cl)c(CC[Si](C)(C)C)c(Cl)c(CC[Si](C)(C)C)c1Cl. The molecule has 0 atom stereocenters. The average Bonchev–Trinajstić information content (AvgIpc) is 2.43. The lowest BCUT2D eigenvalue weighted by molar-refractivity contribution is 1.01. The van der Waals surface area contributed by atoms with Crippen LogP contribution in [0.1, 0.15) is 16.7 Å². The molecule has 0 aliphatic rings. The van der Waals surface area contributed by atoms with Crippen molar-refractivity contribution in [2.75, 3.05) is 0 Å². The van der Waals surface area contributed by atoms with Gasteiger partial charge in [0.2, 0.25) is 0 Å². The normalized spacial score (nSPS) is 13.3. The van der Waals surface area contributed by atoms with Crippen molar-refractivity contribution in [3.8, 4) is 0 Å². The molecule has 0 aliphatic heterocycles. The highest BCUT2D eigenvalue weighted by Crippen LogP contribution is 2.41. The van der Waals surface area contributed by atoms with Crippen LogP contribution in [0.3, 0.4) is 0 Å². The Morgan fingerprint density at radius 2 is 0.630 bits per heavy atom. The monoisotopic (exact) mass is 480 g/mol. The van der Waals surface area contributed by atoms with Gasteiger partial charge in [-0.1, -0.05) is 112 Å². The van der Waals surface area contributed by atoms with Crippen LogP contribution in [-0.4, -0.2) is 24.2 Å². The average molecular weight is 482 g/mol. The van der Waals surface area contributed by atoms with Crippen LogP contribution in [0.5, 0.6) is 0 Å². The lowest BCUT2D eigenvalue weighted by Crippen LogP contribution is -2.22. The van der Waals surface area contributed by atoms with E-state index >= 15 is 0 Å². The fourth-order valence-electron chi connectivity index (χ4n) is 2.99. The molecule has 0 aromatic heterocycles. The third kappa shape index (κ3) is 8.96. The summed E-state index contributed by atoms with van der Waals surface area (Å²) in [6.45, 7) is 21.7. The molecule has 1 aromatic carbocycles. The maximum atomic E-state index is 6.91. The molecular formula is C21H39Cl3Si3. The molecule has 0 radical (unpaired) electrons. The molecule has 0 saturated heterocycles. The third-order valence-corrected chi connectivity index (χ3v) is 11.6. The van der Waals surface area contributed by atoms with Gasteiger partial charge >= 0.3 is 0 Å². The zero-order valence-corrected chi connectivity index (χ0v) is 24.1. The lowest BCUT2D eigenvalue weighted by atomic mass is 10.00. The molecule has 156 valence electrons. The van der Waals surface area contributed by atoms with Crippen LogP contribution < -0.4 is 0 Å². The topological polar surface area (TPSA) is 0 Å². The van der Waals surface area contributed by atoms with Gasteiger partial charge in [0.15, 0.2) is 0 Å². The molecule has 0 N–H and O–H groups in total. The smallest absolute Gasteiger partial charge is 0.0499 e. The summed E-state index contributed by atoms with van der Waals surface area (Å²) in [5.74, 6) is 0. The molecule has 1 rings (SSSR count).